The molecule has 0 aliphatic carbocycles. The van der Waals surface area contributed by atoms with Crippen molar-refractivity contribution in [2.24, 2.45) is 5.92 Å². The molecule has 2 aliphatic rings. The van der Waals surface area contributed by atoms with Crippen LogP contribution in [0.1, 0.15) is 19.3 Å². The van der Waals surface area contributed by atoms with Gasteiger partial charge in [0.2, 0.25) is 0 Å². The fraction of sp³-hybridized carbons (Fsp3) is 0.615. The number of nitrogens with one attached hydrogen (secondary N) is 1. The molecular formula is C13H18N4O3. The Morgan fingerprint density at radius 3 is 2.90 bits per heavy atom. The van der Waals surface area contributed by atoms with Crippen LogP contribution in [0.3, 0.4) is 0 Å². The minimum absolute atomic E-state index is 0.0887. The first kappa shape index (κ1) is 13.0. The standard InChI is InChI=1S/C13H18N4O3/c18-12(19)10-8-9-2-3-11(10)17(9)13(20)14-5-7-16-6-1-4-15-16/h1,4,6,9-11H,2-3,5,7-8H2,(H,14,20)(H,18,19). The van der Waals surface area contributed by atoms with Crippen molar-refractivity contribution in [2.45, 2.75) is 37.9 Å². The van der Waals surface area contributed by atoms with Gasteiger partial charge in [0.1, 0.15) is 0 Å². The van der Waals surface area contributed by atoms with E-state index in [2.05, 4.69) is 10.4 Å². The van der Waals surface area contributed by atoms with E-state index in [1.54, 1.807) is 15.8 Å². The first-order valence-electron chi connectivity index (χ1n) is 6.93. The number of carbonyl (C=O) groups excluding carboxylic acids is 1. The van der Waals surface area contributed by atoms with E-state index >= 15 is 0 Å². The van der Waals surface area contributed by atoms with Crippen LogP contribution in [0.2, 0.25) is 0 Å². The molecule has 2 aliphatic heterocycles. The molecule has 3 heterocycles. The van der Waals surface area contributed by atoms with Gasteiger partial charge in [-0.2, -0.15) is 5.10 Å². The normalized spacial score (nSPS) is 27.8. The molecule has 2 bridgehead atoms. The Morgan fingerprint density at radius 1 is 1.40 bits per heavy atom. The van der Waals surface area contributed by atoms with Crippen molar-refractivity contribution in [3.63, 3.8) is 0 Å². The van der Waals surface area contributed by atoms with E-state index in [1.165, 1.54) is 0 Å². The SMILES string of the molecule is O=C(O)C1CC2CCC1N2C(=O)NCCn1cccn1. The number of aliphatic carboxylic acids is 1. The van der Waals surface area contributed by atoms with E-state index in [-0.39, 0.29) is 18.1 Å². The van der Waals surface area contributed by atoms with Gasteiger partial charge >= 0.3 is 12.0 Å². The van der Waals surface area contributed by atoms with E-state index < -0.39 is 11.9 Å². The van der Waals surface area contributed by atoms with Gasteiger partial charge in [-0.25, -0.2) is 4.79 Å². The topological polar surface area (TPSA) is 87.5 Å². The number of nitrogens with zero attached hydrogens (tertiary/aromatic N) is 3. The zero-order valence-corrected chi connectivity index (χ0v) is 11.1. The first-order chi connectivity index (χ1) is 9.66. The monoisotopic (exact) mass is 278 g/mol. The number of urea groups is 1. The van der Waals surface area contributed by atoms with E-state index in [4.69, 9.17) is 5.11 Å². The number of amides is 2. The van der Waals surface area contributed by atoms with Gasteiger partial charge in [-0.1, -0.05) is 0 Å². The molecule has 108 valence electrons. The lowest BCUT2D eigenvalue weighted by Crippen LogP contribution is -2.45. The van der Waals surface area contributed by atoms with Gasteiger partial charge in [-0.05, 0) is 25.3 Å². The lowest BCUT2D eigenvalue weighted by atomic mass is 9.89. The number of carboxylic acids is 1. The molecule has 3 rings (SSSR count). The van der Waals surface area contributed by atoms with Crippen molar-refractivity contribution >= 4 is 12.0 Å². The van der Waals surface area contributed by atoms with Crippen molar-refractivity contribution in [1.82, 2.24) is 20.0 Å². The highest BCUT2D eigenvalue weighted by Gasteiger charge is 2.51. The minimum atomic E-state index is -0.786. The predicted molar refractivity (Wildman–Crippen MR) is 70.0 cm³/mol. The molecule has 3 atom stereocenters. The summed E-state index contributed by atoms with van der Waals surface area (Å²) in [6, 6.07) is 1.64. The van der Waals surface area contributed by atoms with Crippen LogP contribution in [0.25, 0.3) is 0 Å². The van der Waals surface area contributed by atoms with Gasteiger partial charge in [0.05, 0.1) is 12.5 Å². The Labute approximate surface area is 116 Å². The summed E-state index contributed by atoms with van der Waals surface area (Å²) in [6.07, 6.45) is 5.84. The number of carboxylic acid groups (broad SMARTS) is 1. The Bertz CT molecular complexity index is 502. The molecule has 0 spiro atoms. The second-order valence-corrected chi connectivity index (χ2v) is 5.39. The van der Waals surface area contributed by atoms with E-state index in [1.807, 2.05) is 12.3 Å². The van der Waals surface area contributed by atoms with Gasteiger partial charge in [0, 0.05) is 31.0 Å². The largest absolute Gasteiger partial charge is 0.481 e. The van der Waals surface area contributed by atoms with Crippen molar-refractivity contribution in [1.29, 1.82) is 0 Å². The first-order valence-corrected chi connectivity index (χ1v) is 6.93. The predicted octanol–water partition coefficient (Wildman–Crippen LogP) is 0.530. The Hall–Kier alpha value is -2.05. The summed E-state index contributed by atoms with van der Waals surface area (Å²) in [5.74, 6) is -1.18. The number of rotatable bonds is 4. The Morgan fingerprint density at radius 2 is 2.25 bits per heavy atom. The summed E-state index contributed by atoms with van der Waals surface area (Å²) in [4.78, 5) is 25.1. The van der Waals surface area contributed by atoms with Crippen LogP contribution in [0, 0.1) is 5.92 Å². The Balaban J connectivity index is 1.54. The quantitative estimate of drug-likeness (QED) is 0.841. The third-order valence-corrected chi connectivity index (χ3v) is 4.26. The summed E-state index contributed by atoms with van der Waals surface area (Å²) in [5, 5.41) is 16.1. The fourth-order valence-electron chi connectivity index (χ4n) is 3.37. The maximum Gasteiger partial charge on any atom is 0.317 e. The molecule has 2 fully saturated rings. The Kier molecular flexibility index (Phi) is 3.33. The van der Waals surface area contributed by atoms with Crippen LogP contribution in [0.5, 0.6) is 0 Å². The number of hydrogen-bond acceptors (Lipinski definition) is 3. The van der Waals surface area contributed by atoms with Crippen molar-refractivity contribution < 1.29 is 14.7 Å². The molecule has 0 radical (unpaired) electrons. The molecule has 2 saturated heterocycles. The molecule has 0 saturated carbocycles. The number of hydrogen-bond donors (Lipinski definition) is 2. The zero-order chi connectivity index (χ0) is 14.1. The van der Waals surface area contributed by atoms with Crippen LogP contribution < -0.4 is 5.32 Å². The highest BCUT2D eigenvalue weighted by molar-refractivity contribution is 5.79. The van der Waals surface area contributed by atoms with E-state index in [0.29, 0.717) is 19.5 Å². The zero-order valence-electron chi connectivity index (χ0n) is 11.1. The molecule has 2 amide bonds. The molecule has 3 unspecified atom stereocenters. The molecule has 1 aromatic heterocycles. The lowest BCUT2D eigenvalue weighted by molar-refractivity contribution is -0.142. The van der Waals surface area contributed by atoms with Gasteiger partial charge in [-0.3, -0.25) is 9.48 Å². The molecule has 20 heavy (non-hydrogen) atoms. The van der Waals surface area contributed by atoms with Crippen LogP contribution >= 0.6 is 0 Å². The average Bonchev–Trinajstić information content (AvgIpc) is 3.13. The van der Waals surface area contributed by atoms with Crippen LogP contribution in [-0.4, -0.2) is 50.4 Å². The fourth-order valence-corrected chi connectivity index (χ4v) is 3.37. The lowest BCUT2D eigenvalue weighted by Gasteiger charge is -2.23. The van der Waals surface area contributed by atoms with Crippen molar-refractivity contribution in [3.05, 3.63) is 18.5 Å². The number of aromatic nitrogens is 2. The highest BCUT2D eigenvalue weighted by Crippen LogP contribution is 2.41. The maximum atomic E-state index is 12.2. The maximum absolute atomic E-state index is 12.2. The number of carbonyl (C=O) groups is 2. The van der Waals surface area contributed by atoms with Crippen LogP contribution in [0.4, 0.5) is 4.79 Å². The summed E-state index contributed by atoms with van der Waals surface area (Å²) in [6.45, 7) is 1.11. The van der Waals surface area contributed by atoms with E-state index in [9.17, 15) is 9.59 Å². The highest BCUT2D eigenvalue weighted by atomic mass is 16.4. The number of fused-ring (bicyclic) bond motifs is 2. The molecular weight excluding hydrogens is 260 g/mol. The molecule has 7 nitrogen and oxygen atoms in total. The summed E-state index contributed by atoms with van der Waals surface area (Å²) in [5.41, 5.74) is 0. The summed E-state index contributed by atoms with van der Waals surface area (Å²) in [7, 11) is 0. The average molecular weight is 278 g/mol. The molecule has 7 heteroatoms. The smallest absolute Gasteiger partial charge is 0.317 e. The van der Waals surface area contributed by atoms with Gasteiger partial charge < -0.3 is 15.3 Å². The minimum Gasteiger partial charge on any atom is -0.481 e. The van der Waals surface area contributed by atoms with Gasteiger partial charge in [-0.15, -0.1) is 0 Å². The second-order valence-electron chi connectivity index (χ2n) is 5.39. The van der Waals surface area contributed by atoms with E-state index in [0.717, 1.165) is 12.8 Å². The third kappa shape index (κ3) is 2.23. The van der Waals surface area contributed by atoms with Gasteiger partial charge in [0.15, 0.2) is 0 Å². The summed E-state index contributed by atoms with van der Waals surface area (Å²) < 4.78 is 1.75. The molecule has 0 aromatic carbocycles. The van der Waals surface area contributed by atoms with Gasteiger partial charge in [0.25, 0.3) is 0 Å². The second kappa shape index (κ2) is 5.15. The van der Waals surface area contributed by atoms with Crippen LogP contribution in [-0.2, 0) is 11.3 Å². The van der Waals surface area contributed by atoms with Crippen molar-refractivity contribution in [2.75, 3.05) is 6.54 Å². The van der Waals surface area contributed by atoms with Crippen molar-refractivity contribution in [3.8, 4) is 0 Å². The van der Waals surface area contributed by atoms with Crippen LogP contribution in [0.15, 0.2) is 18.5 Å². The molecule has 2 N–H and O–H groups in total. The summed E-state index contributed by atoms with van der Waals surface area (Å²) >= 11 is 0. The third-order valence-electron chi connectivity index (χ3n) is 4.26. The molecule has 1 aromatic rings.